The Kier molecular flexibility index (Phi) is 5.88. The van der Waals surface area contributed by atoms with Crippen LogP contribution in [-0.4, -0.2) is 56.3 Å². The number of likely N-dealkylation sites (tertiary alicyclic amines) is 1. The zero-order chi connectivity index (χ0) is 15.9. The van der Waals surface area contributed by atoms with Crippen molar-refractivity contribution < 1.29 is 14.3 Å². The van der Waals surface area contributed by atoms with Gasteiger partial charge in [-0.15, -0.1) is 0 Å². The van der Waals surface area contributed by atoms with Crippen LogP contribution in [0.4, 0.5) is 0 Å². The number of nitrogens with zero attached hydrogens (tertiary/aromatic N) is 1. The molecule has 2 aliphatic rings. The Bertz CT molecular complexity index is 490. The second-order valence-corrected chi connectivity index (χ2v) is 6.40. The summed E-state index contributed by atoms with van der Waals surface area (Å²) in [5.41, 5.74) is 0. The van der Waals surface area contributed by atoms with Crippen LogP contribution in [0.1, 0.15) is 19.3 Å². The lowest BCUT2D eigenvalue weighted by molar-refractivity contribution is -0.126. The molecule has 1 aliphatic heterocycles. The Hall–Kier alpha value is -1.59. The summed E-state index contributed by atoms with van der Waals surface area (Å²) in [6.07, 6.45) is 3.92. The highest BCUT2D eigenvalue weighted by Gasteiger charge is 2.34. The topological polar surface area (TPSA) is 50.8 Å². The van der Waals surface area contributed by atoms with Gasteiger partial charge in [0.25, 0.3) is 0 Å². The molecule has 5 nitrogen and oxygen atoms in total. The van der Waals surface area contributed by atoms with Crippen molar-refractivity contribution in [2.45, 2.75) is 25.3 Å². The molecule has 0 spiro atoms. The van der Waals surface area contributed by atoms with Gasteiger partial charge in [0, 0.05) is 19.1 Å². The Labute approximate surface area is 137 Å². The molecule has 23 heavy (non-hydrogen) atoms. The van der Waals surface area contributed by atoms with Crippen LogP contribution in [0.5, 0.6) is 5.75 Å². The molecule has 0 aromatic heterocycles. The van der Waals surface area contributed by atoms with E-state index in [2.05, 4.69) is 10.2 Å². The molecule has 1 saturated carbocycles. The van der Waals surface area contributed by atoms with Crippen LogP contribution in [0.2, 0.25) is 0 Å². The van der Waals surface area contributed by atoms with Gasteiger partial charge >= 0.3 is 0 Å². The number of benzene rings is 1. The van der Waals surface area contributed by atoms with E-state index in [0.717, 1.165) is 24.9 Å². The van der Waals surface area contributed by atoms with Crippen molar-refractivity contribution >= 4 is 5.91 Å². The molecule has 1 aromatic carbocycles. The van der Waals surface area contributed by atoms with Gasteiger partial charge in [-0.3, -0.25) is 4.79 Å². The van der Waals surface area contributed by atoms with E-state index in [1.807, 2.05) is 30.3 Å². The fourth-order valence-electron chi connectivity index (χ4n) is 3.01. The van der Waals surface area contributed by atoms with E-state index in [0.29, 0.717) is 19.1 Å². The molecule has 1 saturated heterocycles. The number of rotatable bonds is 9. The van der Waals surface area contributed by atoms with Crippen molar-refractivity contribution in [1.29, 1.82) is 0 Å². The van der Waals surface area contributed by atoms with Crippen molar-refractivity contribution in [2.75, 3.05) is 39.5 Å². The van der Waals surface area contributed by atoms with Crippen molar-refractivity contribution in [1.82, 2.24) is 10.2 Å². The summed E-state index contributed by atoms with van der Waals surface area (Å²) in [7, 11) is 0. The minimum atomic E-state index is -0.0328. The van der Waals surface area contributed by atoms with Gasteiger partial charge in [-0.05, 0) is 43.9 Å². The Morgan fingerprint density at radius 1 is 1.17 bits per heavy atom. The molecule has 1 aliphatic carbocycles. The Morgan fingerprint density at radius 3 is 2.78 bits per heavy atom. The largest absolute Gasteiger partial charge is 0.491 e. The van der Waals surface area contributed by atoms with Crippen molar-refractivity contribution in [2.24, 2.45) is 5.92 Å². The maximum atomic E-state index is 11.8. The molecule has 2 fully saturated rings. The number of nitrogens with one attached hydrogen (secondary N) is 1. The van der Waals surface area contributed by atoms with Gasteiger partial charge in [-0.25, -0.2) is 0 Å². The minimum Gasteiger partial charge on any atom is -0.491 e. The maximum Gasteiger partial charge on any atom is 0.246 e. The highest BCUT2D eigenvalue weighted by Crippen LogP contribution is 2.31. The van der Waals surface area contributed by atoms with E-state index in [4.69, 9.17) is 9.47 Å². The molecular weight excluding hydrogens is 292 g/mol. The van der Waals surface area contributed by atoms with E-state index < -0.39 is 0 Å². The van der Waals surface area contributed by atoms with E-state index >= 15 is 0 Å². The molecule has 1 aromatic rings. The highest BCUT2D eigenvalue weighted by atomic mass is 16.5. The Balaban J connectivity index is 1.20. The van der Waals surface area contributed by atoms with E-state index in [9.17, 15) is 4.79 Å². The lowest BCUT2D eigenvalue weighted by atomic mass is 10.1. The summed E-state index contributed by atoms with van der Waals surface area (Å²) in [5, 5.41) is 2.98. The zero-order valence-corrected chi connectivity index (χ0v) is 13.6. The first-order valence-electron chi connectivity index (χ1n) is 8.57. The summed E-state index contributed by atoms with van der Waals surface area (Å²) < 4.78 is 10.9. The lowest BCUT2D eigenvalue weighted by Gasteiger charge is -2.15. The number of hydrogen-bond donors (Lipinski definition) is 1. The molecule has 1 amide bonds. The first kappa shape index (κ1) is 16.3. The normalized spacial score (nSPS) is 21.3. The second kappa shape index (κ2) is 8.31. The van der Waals surface area contributed by atoms with Gasteiger partial charge < -0.3 is 19.7 Å². The molecule has 5 heteroatoms. The monoisotopic (exact) mass is 318 g/mol. The summed E-state index contributed by atoms with van der Waals surface area (Å²) in [5.74, 6) is 1.39. The first-order valence-corrected chi connectivity index (χ1v) is 8.57. The summed E-state index contributed by atoms with van der Waals surface area (Å²) in [6.45, 7) is 4.08. The fourth-order valence-corrected chi connectivity index (χ4v) is 3.01. The average molecular weight is 318 g/mol. The molecule has 0 radical (unpaired) electrons. The maximum absolute atomic E-state index is 11.8. The molecule has 1 N–H and O–H groups in total. The molecule has 1 heterocycles. The summed E-state index contributed by atoms with van der Waals surface area (Å²) >= 11 is 0. The van der Waals surface area contributed by atoms with Crippen LogP contribution in [-0.2, 0) is 9.53 Å². The van der Waals surface area contributed by atoms with Gasteiger partial charge in [0.1, 0.15) is 19.0 Å². The first-order chi connectivity index (χ1) is 11.3. The molecular formula is C18H26N2O3. The van der Waals surface area contributed by atoms with Gasteiger partial charge in [0.05, 0.1) is 6.61 Å². The number of carbonyl (C=O) groups is 1. The Morgan fingerprint density at radius 2 is 2.00 bits per heavy atom. The van der Waals surface area contributed by atoms with Crippen molar-refractivity contribution in [3.63, 3.8) is 0 Å². The van der Waals surface area contributed by atoms with Crippen LogP contribution < -0.4 is 10.1 Å². The summed E-state index contributed by atoms with van der Waals surface area (Å²) in [6, 6.07) is 10.4. The number of carbonyl (C=O) groups excluding carboxylic acids is 1. The third-order valence-electron chi connectivity index (χ3n) is 4.44. The molecule has 0 bridgehead atoms. The fraction of sp³-hybridized carbons (Fsp3) is 0.611. The van der Waals surface area contributed by atoms with Crippen LogP contribution in [0.15, 0.2) is 30.3 Å². The number of ether oxygens (including phenoxy) is 2. The summed E-state index contributed by atoms with van der Waals surface area (Å²) in [4.78, 5) is 14.3. The van der Waals surface area contributed by atoms with E-state index in [-0.39, 0.29) is 12.5 Å². The van der Waals surface area contributed by atoms with E-state index in [1.165, 1.54) is 25.8 Å². The quantitative estimate of drug-likeness (QED) is 0.704. The van der Waals surface area contributed by atoms with Crippen LogP contribution >= 0.6 is 0 Å². The third-order valence-corrected chi connectivity index (χ3v) is 4.44. The van der Waals surface area contributed by atoms with Crippen LogP contribution in [0.3, 0.4) is 0 Å². The van der Waals surface area contributed by atoms with Gasteiger partial charge in [0.2, 0.25) is 5.91 Å². The SMILES string of the molecule is O=C(COCCOc1ccccc1)NCC1CCN(C2CC2)C1. The van der Waals surface area contributed by atoms with E-state index in [1.54, 1.807) is 0 Å². The average Bonchev–Trinajstić information content (AvgIpc) is 3.32. The second-order valence-electron chi connectivity index (χ2n) is 6.40. The van der Waals surface area contributed by atoms with Crippen molar-refractivity contribution in [3.05, 3.63) is 30.3 Å². The molecule has 126 valence electrons. The minimum absolute atomic E-state index is 0.0328. The number of amides is 1. The van der Waals surface area contributed by atoms with Crippen LogP contribution in [0, 0.1) is 5.92 Å². The third kappa shape index (κ3) is 5.52. The predicted molar refractivity (Wildman–Crippen MR) is 88.5 cm³/mol. The lowest BCUT2D eigenvalue weighted by Crippen LogP contribution is -2.34. The standard InChI is InChI=1S/C18H26N2O3/c21-18(14-22-10-11-23-17-4-2-1-3-5-17)19-12-15-8-9-20(13-15)16-6-7-16/h1-5,15-16H,6-14H2,(H,19,21). The van der Waals surface area contributed by atoms with Crippen LogP contribution in [0.25, 0.3) is 0 Å². The predicted octanol–water partition coefficient (Wildman–Crippen LogP) is 1.68. The molecule has 3 rings (SSSR count). The smallest absolute Gasteiger partial charge is 0.246 e. The number of para-hydroxylation sites is 1. The van der Waals surface area contributed by atoms with Crippen molar-refractivity contribution in [3.8, 4) is 5.75 Å². The van der Waals surface area contributed by atoms with Gasteiger partial charge in [0.15, 0.2) is 0 Å². The number of hydrogen-bond acceptors (Lipinski definition) is 4. The zero-order valence-electron chi connectivity index (χ0n) is 13.6. The molecule has 1 unspecified atom stereocenters. The van der Waals surface area contributed by atoms with Gasteiger partial charge in [-0.1, -0.05) is 18.2 Å². The highest BCUT2D eigenvalue weighted by molar-refractivity contribution is 5.77. The van der Waals surface area contributed by atoms with Gasteiger partial charge in [-0.2, -0.15) is 0 Å². The molecule has 1 atom stereocenters.